The molecule has 3 rings (SSSR count). The maximum absolute atomic E-state index is 12.3. The van der Waals surface area contributed by atoms with Crippen molar-refractivity contribution in [1.29, 1.82) is 0 Å². The van der Waals surface area contributed by atoms with Crippen molar-refractivity contribution in [2.45, 2.75) is 6.54 Å². The van der Waals surface area contributed by atoms with Crippen LogP contribution in [0.2, 0.25) is 5.15 Å². The highest BCUT2D eigenvalue weighted by Crippen LogP contribution is 2.08. The third kappa shape index (κ3) is 2.23. The lowest BCUT2D eigenvalue weighted by Gasteiger charge is -2.07. The lowest BCUT2D eigenvalue weighted by molar-refractivity contribution is 0.636. The van der Waals surface area contributed by atoms with Crippen molar-refractivity contribution in [2.75, 3.05) is 0 Å². The average Bonchev–Trinajstić information content (AvgIpc) is 2.45. The van der Waals surface area contributed by atoms with Crippen LogP contribution < -0.4 is 11.1 Å². The van der Waals surface area contributed by atoms with Crippen LogP contribution in [0.1, 0.15) is 5.56 Å². The summed E-state index contributed by atoms with van der Waals surface area (Å²) in [7, 11) is 0. The van der Waals surface area contributed by atoms with Crippen molar-refractivity contribution in [2.24, 2.45) is 0 Å². The standard InChI is InChI=1S/C14H10ClN3O2/c15-12-7-9(5-6-16-12)8-18-14(20)11-4-2-1-3-10(11)13(19)17-18/h1-7H,8H2,(H,17,19). The van der Waals surface area contributed by atoms with E-state index < -0.39 is 0 Å². The molecule has 1 N–H and O–H groups in total. The molecule has 0 amide bonds. The third-order valence-electron chi connectivity index (χ3n) is 3.02. The SMILES string of the molecule is O=c1[nH]n(Cc2ccnc(Cl)c2)c(=O)c2ccccc12. The number of pyridine rings is 1. The molecule has 0 saturated heterocycles. The molecule has 2 aromatic heterocycles. The quantitative estimate of drug-likeness (QED) is 0.731. The summed E-state index contributed by atoms with van der Waals surface area (Å²) in [6, 6.07) is 10.1. The number of aromatic nitrogens is 3. The Hall–Kier alpha value is -2.40. The van der Waals surface area contributed by atoms with Gasteiger partial charge in [0.2, 0.25) is 0 Å². The third-order valence-corrected chi connectivity index (χ3v) is 3.22. The predicted octanol–water partition coefficient (Wildman–Crippen LogP) is 1.79. The second-order valence-electron chi connectivity index (χ2n) is 4.36. The minimum atomic E-state index is -0.291. The van der Waals surface area contributed by atoms with Crippen molar-refractivity contribution in [3.63, 3.8) is 0 Å². The molecule has 0 bridgehead atoms. The summed E-state index contributed by atoms with van der Waals surface area (Å²) in [6.45, 7) is 0.237. The zero-order valence-corrected chi connectivity index (χ0v) is 11.1. The molecule has 0 fully saturated rings. The highest BCUT2D eigenvalue weighted by Gasteiger charge is 2.07. The lowest BCUT2D eigenvalue weighted by atomic mass is 10.2. The minimum Gasteiger partial charge on any atom is -0.267 e. The molecule has 5 nitrogen and oxygen atoms in total. The van der Waals surface area contributed by atoms with E-state index in [1.165, 1.54) is 4.68 Å². The topological polar surface area (TPSA) is 67.8 Å². The van der Waals surface area contributed by atoms with Gasteiger partial charge in [-0.25, -0.2) is 9.67 Å². The second kappa shape index (κ2) is 4.94. The van der Waals surface area contributed by atoms with Gasteiger partial charge in [0, 0.05) is 6.20 Å². The molecule has 100 valence electrons. The largest absolute Gasteiger partial charge is 0.273 e. The first-order chi connectivity index (χ1) is 9.65. The molecule has 0 aliphatic rings. The highest BCUT2D eigenvalue weighted by atomic mass is 35.5. The van der Waals surface area contributed by atoms with E-state index in [9.17, 15) is 9.59 Å². The first-order valence-electron chi connectivity index (χ1n) is 5.97. The van der Waals surface area contributed by atoms with Gasteiger partial charge in [-0.1, -0.05) is 23.7 Å². The number of rotatable bonds is 2. The van der Waals surface area contributed by atoms with E-state index in [1.54, 1.807) is 42.6 Å². The van der Waals surface area contributed by atoms with Crippen LogP contribution in [0.5, 0.6) is 0 Å². The number of aromatic amines is 1. The van der Waals surface area contributed by atoms with Crippen LogP contribution in [0.25, 0.3) is 10.8 Å². The zero-order chi connectivity index (χ0) is 14.1. The van der Waals surface area contributed by atoms with Crippen LogP contribution in [0.4, 0.5) is 0 Å². The van der Waals surface area contributed by atoms with Crippen LogP contribution in [0.15, 0.2) is 52.2 Å². The fraction of sp³-hybridized carbons (Fsp3) is 0.0714. The fourth-order valence-electron chi connectivity index (χ4n) is 2.08. The Balaban J connectivity index is 2.16. The normalized spacial score (nSPS) is 10.8. The van der Waals surface area contributed by atoms with Crippen molar-refractivity contribution >= 4 is 22.4 Å². The van der Waals surface area contributed by atoms with Crippen LogP contribution in [0, 0.1) is 0 Å². The Labute approximate surface area is 118 Å². The van der Waals surface area contributed by atoms with Gasteiger partial charge in [0.05, 0.1) is 17.3 Å². The number of hydrogen-bond donors (Lipinski definition) is 1. The monoisotopic (exact) mass is 287 g/mol. The van der Waals surface area contributed by atoms with E-state index >= 15 is 0 Å². The Morgan fingerprint density at radius 2 is 1.90 bits per heavy atom. The Morgan fingerprint density at radius 1 is 1.15 bits per heavy atom. The number of hydrogen-bond acceptors (Lipinski definition) is 3. The molecule has 0 radical (unpaired) electrons. The number of nitrogens with one attached hydrogen (secondary N) is 1. The number of benzene rings is 1. The van der Waals surface area contributed by atoms with Crippen LogP contribution in [0.3, 0.4) is 0 Å². The summed E-state index contributed by atoms with van der Waals surface area (Å²) in [4.78, 5) is 28.1. The van der Waals surface area contributed by atoms with Gasteiger partial charge in [-0.15, -0.1) is 0 Å². The molecular formula is C14H10ClN3O2. The Kier molecular flexibility index (Phi) is 3.12. The maximum atomic E-state index is 12.3. The molecular weight excluding hydrogens is 278 g/mol. The fourth-order valence-corrected chi connectivity index (χ4v) is 2.28. The number of nitrogens with zero attached hydrogens (tertiary/aromatic N) is 2. The summed E-state index contributed by atoms with van der Waals surface area (Å²) in [6.07, 6.45) is 1.56. The van der Waals surface area contributed by atoms with Crippen molar-refractivity contribution in [1.82, 2.24) is 14.8 Å². The number of fused-ring (bicyclic) bond motifs is 1. The molecule has 6 heteroatoms. The average molecular weight is 288 g/mol. The number of halogens is 1. The van der Waals surface area contributed by atoms with Gasteiger partial charge >= 0.3 is 0 Å². The molecule has 0 aliphatic carbocycles. The van der Waals surface area contributed by atoms with Crippen molar-refractivity contribution in [3.05, 3.63) is 74.0 Å². The molecule has 2 heterocycles. The molecule has 20 heavy (non-hydrogen) atoms. The van der Waals surface area contributed by atoms with Gasteiger partial charge in [0.25, 0.3) is 11.1 Å². The first-order valence-corrected chi connectivity index (χ1v) is 6.35. The molecule has 3 aromatic rings. The summed E-state index contributed by atoms with van der Waals surface area (Å²) in [5.41, 5.74) is 0.256. The van der Waals surface area contributed by atoms with E-state index in [2.05, 4.69) is 10.1 Å². The molecule has 0 saturated carbocycles. The van der Waals surface area contributed by atoms with Gasteiger partial charge in [-0.2, -0.15) is 0 Å². The second-order valence-corrected chi connectivity index (χ2v) is 4.75. The van der Waals surface area contributed by atoms with Gasteiger partial charge in [-0.05, 0) is 29.8 Å². The Bertz CT molecular complexity index is 899. The summed E-state index contributed by atoms with van der Waals surface area (Å²) < 4.78 is 1.27. The van der Waals surface area contributed by atoms with E-state index in [0.29, 0.717) is 15.9 Å². The Morgan fingerprint density at radius 3 is 2.65 bits per heavy atom. The van der Waals surface area contributed by atoms with Crippen LogP contribution >= 0.6 is 11.6 Å². The van der Waals surface area contributed by atoms with Crippen LogP contribution in [-0.4, -0.2) is 14.8 Å². The van der Waals surface area contributed by atoms with Crippen LogP contribution in [-0.2, 0) is 6.54 Å². The summed E-state index contributed by atoms with van der Waals surface area (Å²) in [5, 5.41) is 3.71. The first kappa shape index (κ1) is 12.6. The van der Waals surface area contributed by atoms with E-state index in [0.717, 1.165) is 5.56 Å². The van der Waals surface area contributed by atoms with Crippen molar-refractivity contribution < 1.29 is 0 Å². The summed E-state index contributed by atoms with van der Waals surface area (Å²) in [5.74, 6) is 0. The summed E-state index contributed by atoms with van der Waals surface area (Å²) >= 11 is 5.81. The molecule has 0 atom stereocenters. The molecule has 0 aliphatic heterocycles. The van der Waals surface area contributed by atoms with E-state index in [1.807, 2.05) is 0 Å². The van der Waals surface area contributed by atoms with Gasteiger partial charge < -0.3 is 0 Å². The van der Waals surface area contributed by atoms with E-state index in [4.69, 9.17) is 11.6 Å². The molecule has 0 spiro atoms. The van der Waals surface area contributed by atoms with Gasteiger partial charge in [0.15, 0.2) is 0 Å². The minimum absolute atomic E-state index is 0.237. The van der Waals surface area contributed by atoms with Gasteiger partial charge in [0.1, 0.15) is 5.15 Å². The molecule has 0 unspecified atom stereocenters. The zero-order valence-electron chi connectivity index (χ0n) is 10.3. The maximum Gasteiger partial charge on any atom is 0.273 e. The van der Waals surface area contributed by atoms with Crippen molar-refractivity contribution in [3.8, 4) is 0 Å². The molecule has 1 aromatic carbocycles. The predicted molar refractivity (Wildman–Crippen MR) is 77.2 cm³/mol. The smallest absolute Gasteiger partial charge is 0.267 e. The van der Waals surface area contributed by atoms with E-state index in [-0.39, 0.29) is 17.7 Å². The van der Waals surface area contributed by atoms with Gasteiger partial charge in [-0.3, -0.25) is 14.7 Å². The highest BCUT2D eigenvalue weighted by molar-refractivity contribution is 6.29. The number of H-pyrrole nitrogens is 1. The lowest BCUT2D eigenvalue weighted by Crippen LogP contribution is -2.30.